The molecule has 1 atom stereocenters. The summed E-state index contributed by atoms with van der Waals surface area (Å²) in [6.45, 7) is 2.27. The van der Waals surface area contributed by atoms with E-state index in [1.807, 2.05) is 16.7 Å². The third-order valence-corrected chi connectivity index (χ3v) is 6.54. The first-order chi connectivity index (χ1) is 14.6. The second kappa shape index (κ2) is 7.84. The molecule has 1 amide bonds. The molecule has 5 nitrogen and oxygen atoms in total. The van der Waals surface area contributed by atoms with Crippen LogP contribution in [-0.4, -0.2) is 31.6 Å². The molecule has 2 aliphatic rings. The van der Waals surface area contributed by atoms with Gasteiger partial charge in [-0.05, 0) is 68.4 Å². The number of nitrogens with zero attached hydrogens (tertiary/aromatic N) is 3. The van der Waals surface area contributed by atoms with Gasteiger partial charge in [0.1, 0.15) is 6.54 Å². The Morgan fingerprint density at radius 2 is 2.03 bits per heavy atom. The third kappa shape index (κ3) is 3.60. The molecule has 6 heteroatoms. The van der Waals surface area contributed by atoms with Gasteiger partial charge in [-0.25, -0.2) is 0 Å². The highest BCUT2D eigenvalue weighted by Gasteiger charge is 2.39. The summed E-state index contributed by atoms with van der Waals surface area (Å²) in [7, 11) is 0. The first-order valence-corrected chi connectivity index (χ1v) is 11.1. The predicted molar refractivity (Wildman–Crippen MR) is 120 cm³/mol. The molecule has 3 aromatic rings. The van der Waals surface area contributed by atoms with Gasteiger partial charge in [0.15, 0.2) is 10.6 Å². The number of fused-ring (bicyclic) bond motifs is 1. The zero-order valence-corrected chi connectivity index (χ0v) is 18.0. The second-order valence-electron chi connectivity index (χ2n) is 8.45. The average Bonchev–Trinajstić information content (AvgIpc) is 3.52. The lowest BCUT2D eigenvalue weighted by atomic mass is 9.86. The standard InChI is InChI=1S/C24H26N4OS/c1-16-6-4-9-18(14-16)23-25-26-24(30)27(23)15-22(29)28(19-12-13-19)21-11-5-8-17-7-2-3-10-20(17)21/h2-4,6-7,9-10,14,19,21H,5,8,11-13,15H2,1H3,(H,26,30). The Kier molecular flexibility index (Phi) is 5.03. The Balaban J connectivity index is 1.47. The Morgan fingerprint density at radius 3 is 2.83 bits per heavy atom. The SMILES string of the molecule is Cc1cccc(-c2n[nH]c(=S)n2CC(=O)N(C2CC2)C2CCCc3ccccc32)c1. The summed E-state index contributed by atoms with van der Waals surface area (Å²) in [6.07, 6.45) is 5.43. The quantitative estimate of drug-likeness (QED) is 0.594. The highest BCUT2D eigenvalue weighted by Crippen LogP contribution is 2.41. The fourth-order valence-electron chi connectivity index (χ4n) is 4.69. The van der Waals surface area contributed by atoms with Crippen molar-refractivity contribution >= 4 is 18.1 Å². The van der Waals surface area contributed by atoms with Crippen molar-refractivity contribution in [1.82, 2.24) is 19.7 Å². The van der Waals surface area contributed by atoms with Crippen molar-refractivity contribution in [2.45, 2.75) is 57.7 Å². The van der Waals surface area contributed by atoms with Crippen molar-refractivity contribution in [1.29, 1.82) is 0 Å². The highest BCUT2D eigenvalue weighted by molar-refractivity contribution is 7.71. The van der Waals surface area contributed by atoms with Gasteiger partial charge in [-0.2, -0.15) is 5.10 Å². The molecule has 1 unspecified atom stereocenters. The molecule has 1 saturated carbocycles. The number of hydrogen-bond donors (Lipinski definition) is 1. The molecule has 1 N–H and O–H groups in total. The summed E-state index contributed by atoms with van der Waals surface area (Å²) in [5.41, 5.74) is 4.82. The highest BCUT2D eigenvalue weighted by atomic mass is 32.1. The lowest BCUT2D eigenvalue weighted by molar-refractivity contribution is -0.135. The van der Waals surface area contributed by atoms with Crippen LogP contribution in [0.2, 0.25) is 0 Å². The Morgan fingerprint density at radius 1 is 1.20 bits per heavy atom. The molecule has 30 heavy (non-hydrogen) atoms. The molecule has 1 fully saturated rings. The van der Waals surface area contributed by atoms with Crippen LogP contribution in [0.3, 0.4) is 0 Å². The first-order valence-electron chi connectivity index (χ1n) is 10.7. The lowest BCUT2D eigenvalue weighted by Gasteiger charge is -2.36. The normalized spacial score (nSPS) is 18.1. The molecular formula is C24H26N4OS. The Labute approximate surface area is 181 Å². The van der Waals surface area contributed by atoms with Crippen LogP contribution in [-0.2, 0) is 17.8 Å². The zero-order valence-electron chi connectivity index (χ0n) is 17.2. The van der Waals surface area contributed by atoms with Gasteiger partial charge in [0.2, 0.25) is 5.91 Å². The van der Waals surface area contributed by atoms with Crippen molar-refractivity contribution in [2.75, 3.05) is 0 Å². The number of H-pyrrole nitrogens is 1. The van der Waals surface area contributed by atoms with Gasteiger partial charge in [-0.1, -0.05) is 48.0 Å². The van der Waals surface area contributed by atoms with Gasteiger partial charge in [-0.3, -0.25) is 14.5 Å². The summed E-state index contributed by atoms with van der Waals surface area (Å²) in [5, 5.41) is 7.31. The topological polar surface area (TPSA) is 53.9 Å². The molecule has 0 saturated heterocycles. The monoisotopic (exact) mass is 418 g/mol. The molecule has 1 heterocycles. The van der Waals surface area contributed by atoms with Gasteiger partial charge in [0, 0.05) is 11.6 Å². The van der Waals surface area contributed by atoms with Crippen LogP contribution < -0.4 is 0 Å². The molecule has 1 aromatic heterocycles. The molecule has 0 aliphatic heterocycles. The molecule has 0 radical (unpaired) electrons. The average molecular weight is 419 g/mol. The van der Waals surface area contributed by atoms with Crippen LogP contribution in [0.1, 0.15) is 48.4 Å². The smallest absolute Gasteiger partial charge is 0.243 e. The Bertz CT molecular complexity index is 1140. The van der Waals surface area contributed by atoms with Crippen LogP contribution >= 0.6 is 12.2 Å². The number of nitrogens with one attached hydrogen (secondary N) is 1. The first kappa shape index (κ1) is 19.2. The van der Waals surface area contributed by atoms with Gasteiger partial charge >= 0.3 is 0 Å². The number of aryl methyl sites for hydroxylation is 2. The van der Waals surface area contributed by atoms with Crippen LogP contribution in [0.25, 0.3) is 11.4 Å². The largest absolute Gasteiger partial charge is 0.331 e. The van der Waals surface area contributed by atoms with E-state index in [0.717, 1.165) is 49.1 Å². The number of aromatic nitrogens is 3. The van der Waals surface area contributed by atoms with Crippen molar-refractivity contribution in [2.24, 2.45) is 0 Å². The third-order valence-electron chi connectivity index (χ3n) is 6.23. The fraction of sp³-hybridized carbons (Fsp3) is 0.375. The summed E-state index contributed by atoms with van der Waals surface area (Å²) >= 11 is 5.49. The molecular weight excluding hydrogens is 392 g/mol. The molecule has 154 valence electrons. The van der Waals surface area contributed by atoms with Gasteiger partial charge in [-0.15, -0.1) is 0 Å². The number of aromatic amines is 1. The molecule has 0 bridgehead atoms. The minimum Gasteiger partial charge on any atom is -0.331 e. The minimum absolute atomic E-state index is 0.130. The molecule has 2 aliphatic carbocycles. The summed E-state index contributed by atoms with van der Waals surface area (Å²) in [4.78, 5) is 15.8. The van der Waals surface area contributed by atoms with Crippen molar-refractivity contribution in [3.63, 3.8) is 0 Å². The number of amides is 1. The van der Waals surface area contributed by atoms with Gasteiger partial charge < -0.3 is 4.90 Å². The maximum atomic E-state index is 13.6. The van der Waals surface area contributed by atoms with E-state index in [-0.39, 0.29) is 18.5 Å². The number of benzene rings is 2. The lowest BCUT2D eigenvalue weighted by Crippen LogP contribution is -2.40. The van der Waals surface area contributed by atoms with Gasteiger partial charge in [0.05, 0.1) is 6.04 Å². The van der Waals surface area contributed by atoms with Crippen LogP contribution in [0.4, 0.5) is 0 Å². The maximum Gasteiger partial charge on any atom is 0.243 e. The van der Waals surface area contributed by atoms with Crippen LogP contribution in [0.5, 0.6) is 0 Å². The zero-order chi connectivity index (χ0) is 20.7. The van der Waals surface area contributed by atoms with E-state index >= 15 is 0 Å². The Hall–Kier alpha value is -2.73. The molecule has 5 rings (SSSR count). The van der Waals surface area contributed by atoms with Crippen molar-refractivity contribution in [3.05, 3.63) is 70.0 Å². The van der Waals surface area contributed by atoms with Crippen molar-refractivity contribution in [3.8, 4) is 11.4 Å². The molecule has 0 spiro atoms. The van der Waals surface area contributed by atoms with E-state index in [0.29, 0.717) is 10.8 Å². The fourth-order valence-corrected chi connectivity index (χ4v) is 4.88. The number of carbonyl (C=O) groups excluding carboxylic acids is 1. The number of rotatable bonds is 5. The number of hydrogen-bond acceptors (Lipinski definition) is 3. The maximum absolute atomic E-state index is 13.6. The van der Waals surface area contributed by atoms with Gasteiger partial charge in [0.25, 0.3) is 0 Å². The summed E-state index contributed by atoms with van der Waals surface area (Å²) < 4.78 is 2.33. The van der Waals surface area contributed by atoms with E-state index in [9.17, 15) is 4.79 Å². The summed E-state index contributed by atoms with van der Waals surface area (Å²) in [5.74, 6) is 0.849. The van der Waals surface area contributed by atoms with E-state index in [4.69, 9.17) is 12.2 Å². The van der Waals surface area contributed by atoms with Crippen molar-refractivity contribution < 1.29 is 4.79 Å². The summed E-state index contributed by atoms with van der Waals surface area (Å²) in [6, 6.07) is 17.2. The van der Waals surface area contributed by atoms with Crippen LogP contribution in [0, 0.1) is 11.7 Å². The van der Waals surface area contributed by atoms with E-state index in [1.165, 1.54) is 11.1 Å². The van der Waals surface area contributed by atoms with Crippen LogP contribution in [0.15, 0.2) is 48.5 Å². The van der Waals surface area contributed by atoms with E-state index in [1.54, 1.807) is 0 Å². The molecule has 2 aromatic carbocycles. The predicted octanol–water partition coefficient (Wildman–Crippen LogP) is 4.98. The van der Waals surface area contributed by atoms with E-state index < -0.39 is 0 Å². The minimum atomic E-state index is 0.130. The van der Waals surface area contributed by atoms with E-state index in [2.05, 4.69) is 58.4 Å². The number of carbonyl (C=O) groups is 1. The second-order valence-corrected chi connectivity index (χ2v) is 8.83.